The van der Waals surface area contributed by atoms with Gasteiger partial charge in [-0.25, -0.2) is 0 Å². The lowest BCUT2D eigenvalue weighted by molar-refractivity contribution is -0.152. The van der Waals surface area contributed by atoms with E-state index in [2.05, 4.69) is 0 Å². The molecule has 1 aromatic rings. The Balaban J connectivity index is 2.10. The van der Waals surface area contributed by atoms with Crippen molar-refractivity contribution in [3.8, 4) is 0 Å². The summed E-state index contributed by atoms with van der Waals surface area (Å²) in [5.41, 5.74) is -1.04. The van der Waals surface area contributed by atoms with E-state index in [0.717, 1.165) is 31.4 Å². The van der Waals surface area contributed by atoms with Crippen molar-refractivity contribution < 1.29 is 19.1 Å². The Labute approximate surface area is 124 Å². The molecule has 5 nitrogen and oxygen atoms in total. The third-order valence-corrected chi connectivity index (χ3v) is 4.16. The predicted octanol–water partition coefficient (Wildman–Crippen LogP) is 3.05. The quantitative estimate of drug-likeness (QED) is 0.875. The minimum atomic E-state index is -1.04. The molecule has 1 N–H and O–H groups in total. The zero-order chi connectivity index (χ0) is 15.5. The van der Waals surface area contributed by atoms with Crippen molar-refractivity contribution in [2.24, 2.45) is 5.41 Å². The first-order chi connectivity index (χ1) is 9.90. The molecule has 1 aliphatic carbocycles. The van der Waals surface area contributed by atoms with Crippen molar-refractivity contribution in [3.05, 3.63) is 24.2 Å². The fourth-order valence-electron chi connectivity index (χ4n) is 2.76. The van der Waals surface area contributed by atoms with Crippen LogP contribution in [0.5, 0.6) is 0 Å². The van der Waals surface area contributed by atoms with Gasteiger partial charge in [-0.15, -0.1) is 0 Å². The van der Waals surface area contributed by atoms with Crippen LogP contribution in [0.25, 0.3) is 0 Å². The summed E-state index contributed by atoms with van der Waals surface area (Å²) in [6, 6.07) is 3.85. The molecule has 0 aliphatic heterocycles. The van der Waals surface area contributed by atoms with E-state index in [0.29, 0.717) is 6.54 Å². The fraction of sp³-hybridized carbons (Fsp3) is 0.625. The molecule has 2 rings (SSSR count). The summed E-state index contributed by atoms with van der Waals surface area (Å²) >= 11 is 0. The molecule has 1 amide bonds. The molecule has 0 radical (unpaired) electrons. The van der Waals surface area contributed by atoms with Crippen LogP contribution in [0.15, 0.2) is 22.8 Å². The Hall–Kier alpha value is -1.78. The van der Waals surface area contributed by atoms with Crippen LogP contribution in [0.1, 0.15) is 51.7 Å². The van der Waals surface area contributed by atoms with Gasteiger partial charge in [0.25, 0.3) is 0 Å². The highest BCUT2D eigenvalue weighted by Crippen LogP contribution is 2.29. The van der Waals surface area contributed by atoms with Gasteiger partial charge in [0.05, 0.1) is 18.2 Å². The lowest BCUT2D eigenvalue weighted by atomic mass is 9.88. The van der Waals surface area contributed by atoms with Crippen molar-refractivity contribution in [2.45, 2.75) is 58.5 Å². The third kappa shape index (κ3) is 3.86. The molecule has 1 fully saturated rings. The number of nitrogens with zero attached hydrogens (tertiary/aromatic N) is 1. The number of hydrogen-bond donors (Lipinski definition) is 1. The summed E-state index contributed by atoms with van der Waals surface area (Å²) in [6.07, 6.45) is 5.82. The average molecular weight is 293 g/mol. The first-order valence-corrected chi connectivity index (χ1v) is 7.45. The number of hydrogen-bond acceptors (Lipinski definition) is 3. The number of furan rings is 1. The first-order valence-electron chi connectivity index (χ1n) is 7.45. The largest absolute Gasteiger partial charge is 0.481 e. The van der Waals surface area contributed by atoms with Gasteiger partial charge in [0.1, 0.15) is 5.76 Å². The fourth-order valence-corrected chi connectivity index (χ4v) is 2.76. The highest BCUT2D eigenvalue weighted by atomic mass is 16.4. The van der Waals surface area contributed by atoms with Gasteiger partial charge in [-0.1, -0.05) is 12.8 Å². The highest BCUT2D eigenvalue weighted by molar-refractivity contribution is 5.84. The third-order valence-electron chi connectivity index (χ3n) is 4.16. The molecule has 116 valence electrons. The number of aliphatic carboxylic acids is 1. The Kier molecular flexibility index (Phi) is 4.70. The van der Waals surface area contributed by atoms with Gasteiger partial charge in [0, 0.05) is 12.5 Å². The second-order valence-electron chi connectivity index (χ2n) is 6.41. The van der Waals surface area contributed by atoms with E-state index in [-0.39, 0.29) is 18.4 Å². The molecule has 0 unspecified atom stereocenters. The maximum atomic E-state index is 12.6. The average Bonchev–Trinajstić information content (AvgIpc) is 3.08. The normalized spacial score (nSPS) is 16.1. The van der Waals surface area contributed by atoms with E-state index < -0.39 is 11.4 Å². The molecular weight excluding hydrogens is 270 g/mol. The Bertz CT molecular complexity index is 486. The molecule has 21 heavy (non-hydrogen) atoms. The van der Waals surface area contributed by atoms with Crippen LogP contribution in [0.3, 0.4) is 0 Å². The second-order valence-corrected chi connectivity index (χ2v) is 6.41. The molecule has 5 heteroatoms. The van der Waals surface area contributed by atoms with Gasteiger partial charge in [-0.05, 0) is 38.8 Å². The lowest BCUT2D eigenvalue weighted by Gasteiger charge is -2.31. The van der Waals surface area contributed by atoms with Crippen molar-refractivity contribution >= 4 is 11.9 Å². The lowest BCUT2D eigenvalue weighted by Crippen LogP contribution is -2.41. The molecular formula is C16H23NO4. The molecule has 1 saturated carbocycles. The van der Waals surface area contributed by atoms with E-state index in [1.807, 2.05) is 6.07 Å². The monoisotopic (exact) mass is 293 g/mol. The topological polar surface area (TPSA) is 70.8 Å². The summed E-state index contributed by atoms with van der Waals surface area (Å²) in [5, 5.41) is 9.20. The van der Waals surface area contributed by atoms with Gasteiger partial charge in [-0.2, -0.15) is 0 Å². The van der Waals surface area contributed by atoms with E-state index in [1.54, 1.807) is 31.1 Å². The highest BCUT2D eigenvalue weighted by Gasteiger charge is 2.35. The first kappa shape index (κ1) is 15.6. The van der Waals surface area contributed by atoms with Crippen LogP contribution in [0, 0.1) is 5.41 Å². The van der Waals surface area contributed by atoms with E-state index in [1.165, 1.54) is 0 Å². The summed E-state index contributed by atoms with van der Waals surface area (Å²) < 4.78 is 5.34. The van der Waals surface area contributed by atoms with Gasteiger partial charge in [0.2, 0.25) is 5.91 Å². The van der Waals surface area contributed by atoms with Crippen LogP contribution in [0.4, 0.5) is 0 Å². The van der Waals surface area contributed by atoms with E-state index in [4.69, 9.17) is 4.42 Å². The van der Waals surface area contributed by atoms with Gasteiger partial charge >= 0.3 is 5.97 Å². The number of amides is 1. The Morgan fingerprint density at radius 1 is 1.38 bits per heavy atom. The number of carboxylic acid groups (broad SMARTS) is 1. The summed E-state index contributed by atoms with van der Waals surface area (Å²) in [4.78, 5) is 25.6. The van der Waals surface area contributed by atoms with E-state index in [9.17, 15) is 14.7 Å². The number of carboxylic acids is 1. The summed E-state index contributed by atoms with van der Waals surface area (Å²) in [5.74, 6) is -0.311. The van der Waals surface area contributed by atoms with Crippen LogP contribution < -0.4 is 0 Å². The zero-order valence-corrected chi connectivity index (χ0v) is 12.7. The zero-order valence-electron chi connectivity index (χ0n) is 12.7. The van der Waals surface area contributed by atoms with Crippen LogP contribution in [-0.4, -0.2) is 27.9 Å². The standard InChI is InChI=1S/C16H23NO4/c1-16(2,15(19)20)10-14(18)17(12-6-3-4-7-12)11-13-8-5-9-21-13/h5,8-9,12H,3-4,6-7,10-11H2,1-2H3,(H,19,20). The van der Waals surface area contributed by atoms with Gasteiger partial charge in [0.15, 0.2) is 0 Å². The van der Waals surface area contributed by atoms with E-state index >= 15 is 0 Å². The smallest absolute Gasteiger partial charge is 0.309 e. The SMILES string of the molecule is CC(C)(CC(=O)N(Cc1ccco1)C1CCCC1)C(=O)O. The molecule has 1 aliphatic rings. The summed E-state index contributed by atoms with van der Waals surface area (Å²) in [6.45, 7) is 3.60. The minimum Gasteiger partial charge on any atom is -0.481 e. The van der Waals surface area contributed by atoms with Crippen molar-refractivity contribution in [2.75, 3.05) is 0 Å². The molecule has 0 saturated heterocycles. The van der Waals surface area contributed by atoms with Crippen LogP contribution in [0.2, 0.25) is 0 Å². The minimum absolute atomic E-state index is 0.0134. The Morgan fingerprint density at radius 2 is 2.05 bits per heavy atom. The molecule has 0 bridgehead atoms. The Morgan fingerprint density at radius 3 is 2.57 bits per heavy atom. The summed E-state index contributed by atoms with van der Waals surface area (Å²) in [7, 11) is 0. The number of carbonyl (C=O) groups is 2. The van der Waals surface area contributed by atoms with Gasteiger partial charge < -0.3 is 14.4 Å². The molecule has 1 heterocycles. The molecule has 0 aromatic carbocycles. The molecule has 0 atom stereocenters. The molecule has 0 spiro atoms. The molecule has 1 aromatic heterocycles. The van der Waals surface area contributed by atoms with Crippen molar-refractivity contribution in [3.63, 3.8) is 0 Å². The maximum absolute atomic E-state index is 12.6. The number of rotatable bonds is 6. The predicted molar refractivity (Wildman–Crippen MR) is 77.5 cm³/mol. The maximum Gasteiger partial charge on any atom is 0.309 e. The van der Waals surface area contributed by atoms with Gasteiger partial charge in [-0.3, -0.25) is 9.59 Å². The van der Waals surface area contributed by atoms with Crippen molar-refractivity contribution in [1.29, 1.82) is 0 Å². The number of carbonyl (C=O) groups excluding carboxylic acids is 1. The van der Waals surface area contributed by atoms with Crippen LogP contribution in [-0.2, 0) is 16.1 Å². The van der Waals surface area contributed by atoms with Crippen molar-refractivity contribution in [1.82, 2.24) is 4.90 Å². The van der Waals surface area contributed by atoms with Crippen LogP contribution >= 0.6 is 0 Å². The second kappa shape index (κ2) is 6.33.